The van der Waals surface area contributed by atoms with Crippen molar-refractivity contribution in [3.05, 3.63) is 47.8 Å². The molecule has 0 bridgehead atoms. The second kappa shape index (κ2) is 9.06. The van der Waals surface area contributed by atoms with Gasteiger partial charge in [-0.3, -0.25) is 14.5 Å². The topological polar surface area (TPSA) is 70.5 Å². The van der Waals surface area contributed by atoms with Gasteiger partial charge in [-0.15, -0.1) is 0 Å². The lowest BCUT2D eigenvalue weighted by molar-refractivity contribution is -0.153. The standard InChI is InChI=1S/C25H33N5O2/c1-18-7-9-21(10-8-18)30-16-20(14-26-30)15-28-11-12-29-23(17-28)24(31)27-22(25(29)32)13-19-5-3-2-4-6-19/h7-10,14,16,19,22-23H,2-6,11-13,15,17H2,1H3,(H,27,31)/t22-,23+/m0/s1. The van der Waals surface area contributed by atoms with Crippen molar-refractivity contribution in [3.8, 4) is 5.69 Å². The fourth-order valence-electron chi connectivity index (χ4n) is 5.46. The van der Waals surface area contributed by atoms with E-state index in [0.717, 1.165) is 30.8 Å². The van der Waals surface area contributed by atoms with Crippen molar-refractivity contribution in [2.24, 2.45) is 5.92 Å². The molecule has 7 heteroatoms. The zero-order valence-electron chi connectivity index (χ0n) is 18.9. The van der Waals surface area contributed by atoms with Crippen LogP contribution in [0.1, 0.15) is 49.7 Å². The molecule has 1 aromatic carbocycles. The Morgan fingerprint density at radius 2 is 1.84 bits per heavy atom. The molecular weight excluding hydrogens is 402 g/mol. The predicted molar refractivity (Wildman–Crippen MR) is 122 cm³/mol. The van der Waals surface area contributed by atoms with E-state index in [4.69, 9.17) is 0 Å². The number of aromatic nitrogens is 2. The van der Waals surface area contributed by atoms with E-state index in [1.165, 1.54) is 37.7 Å². The molecule has 2 aromatic rings. The highest BCUT2D eigenvalue weighted by atomic mass is 16.2. The van der Waals surface area contributed by atoms with E-state index >= 15 is 0 Å². The first-order chi connectivity index (χ1) is 15.6. The number of hydrogen-bond acceptors (Lipinski definition) is 4. The molecule has 1 saturated carbocycles. The number of carbonyl (C=O) groups excluding carboxylic acids is 2. The lowest BCUT2D eigenvalue weighted by atomic mass is 9.84. The fourth-order valence-corrected chi connectivity index (χ4v) is 5.46. The highest BCUT2D eigenvalue weighted by Crippen LogP contribution is 2.29. The summed E-state index contributed by atoms with van der Waals surface area (Å²) in [5, 5.41) is 7.56. The monoisotopic (exact) mass is 435 g/mol. The molecule has 0 unspecified atom stereocenters. The summed E-state index contributed by atoms with van der Waals surface area (Å²) in [6.45, 7) is 4.76. The first-order valence-electron chi connectivity index (χ1n) is 12.0. The Morgan fingerprint density at radius 1 is 1.06 bits per heavy atom. The largest absolute Gasteiger partial charge is 0.342 e. The summed E-state index contributed by atoms with van der Waals surface area (Å²) >= 11 is 0. The van der Waals surface area contributed by atoms with Crippen molar-refractivity contribution < 1.29 is 9.59 Å². The number of nitrogens with one attached hydrogen (secondary N) is 1. The molecule has 3 heterocycles. The van der Waals surface area contributed by atoms with Gasteiger partial charge in [0, 0.05) is 37.9 Å². The summed E-state index contributed by atoms with van der Waals surface area (Å²) in [7, 11) is 0. The fraction of sp³-hybridized carbons (Fsp3) is 0.560. The summed E-state index contributed by atoms with van der Waals surface area (Å²) in [6.07, 6.45) is 10.9. The van der Waals surface area contributed by atoms with Crippen LogP contribution in [0.15, 0.2) is 36.7 Å². The van der Waals surface area contributed by atoms with Crippen LogP contribution in [0.3, 0.4) is 0 Å². The Bertz CT molecular complexity index is 963. The molecule has 170 valence electrons. The third-order valence-corrected chi connectivity index (χ3v) is 7.30. The first-order valence-corrected chi connectivity index (χ1v) is 12.0. The highest BCUT2D eigenvalue weighted by Gasteiger charge is 2.43. The molecule has 1 aliphatic carbocycles. The quantitative estimate of drug-likeness (QED) is 0.784. The summed E-state index contributed by atoms with van der Waals surface area (Å²) in [5.41, 5.74) is 3.37. The Labute approximate surface area is 189 Å². The van der Waals surface area contributed by atoms with Crippen molar-refractivity contribution in [2.75, 3.05) is 19.6 Å². The molecule has 1 aromatic heterocycles. The van der Waals surface area contributed by atoms with Gasteiger partial charge < -0.3 is 10.2 Å². The first kappa shape index (κ1) is 21.2. The molecule has 2 atom stereocenters. The van der Waals surface area contributed by atoms with Gasteiger partial charge in [-0.05, 0) is 31.4 Å². The van der Waals surface area contributed by atoms with Crippen LogP contribution in [0.4, 0.5) is 0 Å². The summed E-state index contributed by atoms with van der Waals surface area (Å²) in [5.74, 6) is 0.693. The van der Waals surface area contributed by atoms with Gasteiger partial charge in [0.25, 0.3) is 0 Å². The van der Waals surface area contributed by atoms with E-state index in [9.17, 15) is 9.59 Å². The molecule has 2 aliphatic heterocycles. The van der Waals surface area contributed by atoms with Gasteiger partial charge in [0.1, 0.15) is 12.1 Å². The molecule has 1 N–H and O–H groups in total. The second-order valence-corrected chi connectivity index (χ2v) is 9.71. The predicted octanol–water partition coefficient (Wildman–Crippen LogP) is 2.66. The van der Waals surface area contributed by atoms with Gasteiger partial charge in [-0.1, -0.05) is 49.8 Å². The van der Waals surface area contributed by atoms with Gasteiger partial charge in [0.2, 0.25) is 11.8 Å². The highest BCUT2D eigenvalue weighted by molar-refractivity contribution is 5.97. The Morgan fingerprint density at radius 3 is 2.62 bits per heavy atom. The molecule has 7 nitrogen and oxygen atoms in total. The second-order valence-electron chi connectivity index (χ2n) is 9.71. The van der Waals surface area contributed by atoms with Gasteiger partial charge in [-0.25, -0.2) is 4.68 Å². The van der Waals surface area contributed by atoms with E-state index in [1.54, 1.807) is 0 Å². The normalized spacial score (nSPS) is 25.0. The van der Waals surface area contributed by atoms with Crippen molar-refractivity contribution in [3.63, 3.8) is 0 Å². The molecule has 0 spiro atoms. The Hall–Kier alpha value is -2.67. The van der Waals surface area contributed by atoms with Crippen molar-refractivity contribution >= 4 is 11.8 Å². The van der Waals surface area contributed by atoms with Gasteiger partial charge in [-0.2, -0.15) is 5.10 Å². The number of aryl methyl sites for hydroxylation is 1. The Balaban J connectivity index is 1.19. The van der Waals surface area contributed by atoms with Crippen LogP contribution in [0, 0.1) is 12.8 Å². The van der Waals surface area contributed by atoms with E-state index in [2.05, 4.69) is 46.5 Å². The molecule has 3 aliphatic rings. The van der Waals surface area contributed by atoms with Crippen molar-refractivity contribution in [1.82, 2.24) is 24.9 Å². The van der Waals surface area contributed by atoms with Crippen LogP contribution in [0.5, 0.6) is 0 Å². The third kappa shape index (κ3) is 4.44. The lowest BCUT2D eigenvalue weighted by Crippen LogP contribution is -2.69. The number of hydrogen-bond donors (Lipinski definition) is 1. The lowest BCUT2D eigenvalue weighted by Gasteiger charge is -2.45. The minimum Gasteiger partial charge on any atom is -0.342 e. The maximum absolute atomic E-state index is 13.1. The average Bonchev–Trinajstić information content (AvgIpc) is 3.27. The van der Waals surface area contributed by atoms with Crippen LogP contribution < -0.4 is 5.32 Å². The smallest absolute Gasteiger partial charge is 0.245 e. The molecule has 32 heavy (non-hydrogen) atoms. The van der Waals surface area contributed by atoms with Crippen LogP contribution in [0.25, 0.3) is 5.69 Å². The number of benzene rings is 1. The number of fused-ring (bicyclic) bond motifs is 1. The molecule has 2 saturated heterocycles. The number of rotatable bonds is 5. The number of piperazine rings is 2. The zero-order valence-corrected chi connectivity index (χ0v) is 18.9. The molecule has 5 rings (SSSR count). The maximum Gasteiger partial charge on any atom is 0.245 e. The van der Waals surface area contributed by atoms with E-state index in [-0.39, 0.29) is 23.9 Å². The van der Waals surface area contributed by atoms with Gasteiger partial charge in [0.05, 0.1) is 11.9 Å². The minimum absolute atomic E-state index is 0.00506. The molecular formula is C25H33N5O2. The molecule has 3 fully saturated rings. The number of nitrogens with zero attached hydrogens (tertiary/aromatic N) is 4. The van der Waals surface area contributed by atoms with Gasteiger partial charge >= 0.3 is 0 Å². The van der Waals surface area contributed by atoms with Crippen LogP contribution in [-0.4, -0.2) is 63.1 Å². The summed E-state index contributed by atoms with van der Waals surface area (Å²) in [4.78, 5) is 30.1. The van der Waals surface area contributed by atoms with Crippen LogP contribution in [-0.2, 0) is 16.1 Å². The van der Waals surface area contributed by atoms with Crippen molar-refractivity contribution in [1.29, 1.82) is 0 Å². The third-order valence-electron chi connectivity index (χ3n) is 7.30. The number of carbonyl (C=O) groups is 2. The van der Waals surface area contributed by atoms with Crippen molar-refractivity contribution in [2.45, 2.75) is 64.1 Å². The molecule has 0 radical (unpaired) electrons. The van der Waals surface area contributed by atoms with Crippen LogP contribution >= 0.6 is 0 Å². The zero-order chi connectivity index (χ0) is 22.1. The summed E-state index contributed by atoms with van der Waals surface area (Å²) < 4.78 is 1.89. The maximum atomic E-state index is 13.1. The van der Waals surface area contributed by atoms with E-state index in [1.807, 2.05) is 22.0 Å². The Kier molecular flexibility index (Phi) is 6.00. The summed E-state index contributed by atoms with van der Waals surface area (Å²) in [6, 6.07) is 7.57. The number of amides is 2. The average molecular weight is 436 g/mol. The minimum atomic E-state index is -0.383. The molecule has 2 amide bonds. The van der Waals surface area contributed by atoms with E-state index in [0.29, 0.717) is 19.0 Å². The van der Waals surface area contributed by atoms with E-state index < -0.39 is 0 Å². The SMILES string of the molecule is Cc1ccc(-n2cc(CN3CCN4C(=O)[C@H](CC5CCCCC5)NC(=O)[C@H]4C3)cn2)cc1. The van der Waals surface area contributed by atoms with Crippen LogP contribution in [0.2, 0.25) is 0 Å². The van der Waals surface area contributed by atoms with Gasteiger partial charge in [0.15, 0.2) is 0 Å².